The fourth-order valence-corrected chi connectivity index (χ4v) is 1.49. The summed E-state index contributed by atoms with van der Waals surface area (Å²) in [7, 11) is 3.81. The summed E-state index contributed by atoms with van der Waals surface area (Å²) < 4.78 is 12.7. The van der Waals surface area contributed by atoms with Gasteiger partial charge in [0.05, 0.1) is 0 Å². The van der Waals surface area contributed by atoms with Gasteiger partial charge in [-0.3, -0.25) is 9.59 Å². The number of hydrogen-bond acceptors (Lipinski definition) is 3. The van der Waals surface area contributed by atoms with Crippen LogP contribution in [0, 0.1) is 5.82 Å². The predicted molar refractivity (Wildman–Crippen MR) is 74.4 cm³/mol. The fraction of sp³-hybridized carbons (Fsp3) is 0.429. The van der Waals surface area contributed by atoms with E-state index in [1.807, 2.05) is 19.0 Å². The molecule has 0 fully saturated rings. The summed E-state index contributed by atoms with van der Waals surface area (Å²) in [6, 6.07) is 5.84. The van der Waals surface area contributed by atoms with E-state index in [4.69, 9.17) is 0 Å². The van der Waals surface area contributed by atoms with Gasteiger partial charge in [0.15, 0.2) is 0 Å². The van der Waals surface area contributed by atoms with Crippen molar-refractivity contribution >= 4 is 11.8 Å². The first kappa shape index (κ1) is 16.1. The molecule has 2 amide bonds. The molecular formula is C14H20FN3O2. The van der Waals surface area contributed by atoms with Gasteiger partial charge in [-0.25, -0.2) is 4.39 Å². The largest absolute Gasteiger partial charge is 0.354 e. The topological polar surface area (TPSA) is 61.4 Å². The van der Waals surface area contributed by atoms with Crippen molar-refractivity contribution in [2.75, 3.05) is 27.2 Å². The van der Waals surface area contributed by atoms with Gasteiger partial charge >= 0.3 is 0 Å². The lowest BCUT2D eigenvalue weighted by molar-refractivity contribution is -0.129. The third-order valence-electron chi connectivity index (χ3n) is 2.61. The Morgan fingerprint density at radius 3 is 2.30 bits per heavy atom. The lowest BCUT2D eigenvalue weighted by Gasteiger charge is -2.10. The molecule has 0 aromatic heterocycles. The van der Waals surface area contributed by atoms with Crippen molar-refractivity contribution in [2.24, 2.45) is 0 Å². The van der Waals surface area contributed by atoms with Gasteiger partial charge < -0.3 is 15.5 Å². The van der Waals surface area contributed by atoms with E-state index in [9.17, 15) is 14.0 Å². The van der Waals surface area contributed by atoms with E-state index in [1.54, 1.807) is 12.1 Å². The SMILES string of the molecule is CN(C)CCNC(=O)CC(=O)NCc1ccc(F)cc1. The molecule has 0 saturated heterocycles. The Morgan fingerprint density at radius 1 is 1.10 bits per heavy atom. The monoisotopic (exact) mass is 281 g/mol. The van der Waals surface area contributed by atoms with Gasteiger partial charge in [-0.05, 0) is 31.8 Å². The van der Waals surface area contributed by atoms with Gasteiger partial charge in [-0.2, -0.15) is 0 Å². The van der Waals surface area contributed by atoms with Gasteiger partial charge in [-0.1, -0.05) is 12.1 Å². The van der Waals surface area contributed by atoms with Crippen LogP contribution in [0.1, 0.15) is 12.0 Å². The molecule has 20 heavy (non-hydrogen) atoms. The number of carbonyl (C=O) groups excluding carboxylic acids is 2. The number of nitrogens with one attached hydrogen (secondary N) is 2. The molecule has 2 N–H and O–H groups in total. The summed E-state index contributed by atoms with van der Waals surface area (Å²) in [5, 5.41) is 5.28. The average molecular weight is 281 g/mol. The highest BCUT2D eigenvalue weighted by Gasteiger charge is 2.08. The summed E-state index contributed by atoms with van der Waals surface area (Å²) >= 11 is 0. The predicted octanol–water partition coefficient (Wildman–Crippen LogP) is 0.510. The number of hydrogen-bond donors (Lipinski definition) is 2. The van der Waals surface area contributed by atoms with Gasteiger partial charge in [-0.15, -0.1) is 0 Å². The van der Waals surface area contributed by atoms with Crippen LogP contribution >= 0.6 is 0 Å². The van der Waals surface area contributed by atoms with E-state index in [2.05, 4.69) is 10.6 Å². The molecule has 6 heteroatoms. The summed E-state index contributed by atoms with van der Waals surface area (Å²) in [6.07, 6.45) is -0.200. The Hall–Kier alpha value is -1.95. The lowest BCUT2D eigenvalue weighted by Crippen LogP contribution is -2.35. The minimum atomic E-state index is -0.350. The lowest BCUT2D eigenvalue weighted by atomic mass is 10.2. The molecule has 1 rings (SSSR count). The Kier molecular flexibility index (Phi) is 6.66. The molecule has 0 aliphatic heterocycles. The molecule has 0 unspecified atom stereocenters. The zero-order chi connectivity index (χ0) is 15.0. The van der Waals surface area contributed by atoms with Crippen molar-refractivity contribution in [3.8, 4) is 0 Å². The third kappa shape index (κ3) is 6.84. The van der Waals surface area contributed by atoms with E-state index >= 15 is 0 Å². The fourth-order valence-electron chi connectivity index (χ4n) is 1.49. The Morgan fingerprint density at radius 2 is 1.70 bits per heavy atom. The van der Waals surface area contributed by atoms with E-state index in [1.165, 1.54) is 12.1 Å². The highest BCUT2D eigenvalue weighted by molar-refractivity contribution is 5.96. The smallest absolute Gasteiger partial charge is 0.229 e. The first-order chi connectivity index (χ1) is 9.47. The van der Waals surface area contributed by atoms with Gasteiger partial charge in [0.25, 0.3) is 0 Å². The molecule has 1 aromatic rings. The minimum Gasteiger partial charge on any atom is -0.354 e. The van der Waals surface area contributed by atoms with Crippen molar-refractivity contribution in [1.29, 1.82) is 0 Å². The van der Waals surface area contributed by atoms with Crippen molar-refractivity contribution in [3.63, 3.8) is 0 Å². The van der Waals surface area contributed by atoms with Crippen molar-refractivity contribution in [1.82, 2.24) is 15.5 Å². The quantitative estimate of drug-likeness (QED) is 0.716. The van der Waals surface area contributed by atoms with Gasteiger partial charge in [0, 0.05) is 19.6 Å². The zero-order valence-electron chi connectivity index (χ0n) is 11.8. The number of amides is 2. The summed E-state index contributed by atoms with van der Waals surface area (Å²) in [4.78, 5) is 24.9. The van der Waals surface area contributed by atoms with Crippen LogP contribution in [0.4, 0.5) is 4.39 Å². The summed E-state index contributed by atoms with van der Waals surface area (Å²) in [6.45, 7) is 1.52. The maximum absolute atomic E-state index is 12.7. The Labute approximate surface area is 118 Å². The highest BCUT2D eigenvalue weighted by Crippen LogP contribution is 2.02. The molecule has 0 radical (unpaired) electrons. The molecular weight excluding hydrogens is 261 g/mol. The second-order valence-electron chi connectivity index (χ2n) is 4.73. The maximum atomic E-state index is 12.7. The molecule has 0 aliphatic carbocycles. The number of rotatable bonds is 7. The van der Waals surface area contributed by atoms with E-state index < -0.39 is 0 Å². The molecule has 0 bridgehead atoms. The maximum Gasteiger partial charge on any atom is 0.229 e. The highest BCUT2D eigenvalue weighted by atomic mass is 19.1. The Balaban J connectivity index is 2.22. The molecule has 0 saturated carbocycles. The number of halogens is 1. The van der Waals surface area contributed by atoms with Crippen LogP contribution in [0.5, 0.6) is 0 Å². The molecule has 0 aliphatic rings. The van der Waals surface area contributed by atoms with E-state index in [0.29, 0.717) is 6.54 Å². The molecule has 5 nitrogen and oxygen atoms in total. The van der Waals surface area contributed by atoms with E-state index in [-0.39, 0.29) is 30.6 Å². The zero-order valence-corrected chi connectivity index (χ0v) is 11.8. The number of carbonyl (C=O) groups is 2. The number of benzene rings is 1. The van der Waals surface area contributed by atoms with Crippen LogP contribution in [-0.2, 0) is 16.1 Å². The second-order valence-corrected chi connectivity index (χ2v) is 4.73. The molecule has 0 heterocycles. The van der Waals surface area contributed by atoms with Crippen LogP contribution in [-0.4, -0.2) is 43.9 Å². The summed E-state index contributed by atoms with van der Waals surface area (Å²) in [5.41, 5.74) is 0.785. The molecule has 0 atom stereocenters. The van der Waals surface area contributed by atoms with Crippen molar-refractivity contribution in [3.05, 3.63) is 35.6 Å². The molecule has 0 spiro atoms. The molecule has 110 valence electrons. The van der Waals surface area contributed by atoms with Crippen LogP contribution in [0.3, 0.4) is 0 Å². The number of likely N-dealkylation sites (N-methyl/N-ethyl adjacent to an activating group) is 1. The Bertz CT molecular complexity index is 446. The molecule has 1 aromatic carbocycles. The second kappa shape index (κ2) is 8.27. The van der Waals surface area contributed by atoms with Crippen molar-refractivity contribution < 1.29 is 14.0 Å². The van der Waals surface area contributed by atoms with Crippen LogP contribution < -0.4 is 10.6 Å². The summed E-state index contributed by atoms with van der Waals surface area (Å²) in [5.74, 6) is -0.972. The average Bonchev–Trinajstić information content (AvgIpc) is 2.37. The first-order valence-electron chi connectivity index (χ1n) is 6.40. The third-order valence-corrected chi connectivity index (χ3v) is 2.61. The normalized spacial score (nSPS) is 10.4. The number of nitrogens with zero attached hydrogens (tertiary/aromatic N) is 1. The van der Waals surface area contributed by atoms with Gasteiger partial charge in [0.1, 0.15) is 12.2 Å². The van der Waals surface area contributed by atoms with Crippen LogP contribution in [0.15, 0.2) is 24.3 Å². The van der Waals surface area contributed by atoms with Crippen LogP contribution in [0.2, 0.25) is 0 Å². The standard InChI is InChI=1S/C14H20FN3O2/c1-18(2)8-7-16-13(19)9-14(20)17-10-11-3-5-12(15)6-4-11/h3-6H,7-10H2,1-2H3,(H,16,19)(H,17,20). The van der Waals surface area contributed by atoms with E-state index in [0.717, 1.165) is 12.1 Å². The van der Waals surface area contributed by atoms with Crippen LogP contribution in [0.25, 0.3) is 0 Å². The van der Waals surface area contributed by atoms with Gasteiger partial charge in [0.2, 0.25) is 11.8 Å². The first-order valence-corrected chi connectivity index (χ1v) is 6.40. The van der Waals surface area contributed by atoms with Crippen molar-refractivity contribution in [2.45, 2.75) is 13.0 Å². The minimum absolute atomic E-state index is 0.200.